The molecule has 2 N–H and O–H groups in total. The zero-order valence-corrected chi connectivity index (χ0v) is 12.2. The third-order valence-corrected chi connectivity index (χ3v) is 4.66. The Morgan fingerprint density at radius 3 is 2.95 bits per heavy atom. The number of nitrogens with two attached hydrogens (primary N) is 1. The fourth-order valence-corrected chi connectivity index (χ4v) is 3.46. The topological polar surface area (TPSA) is 47.1 Å². The normalized spacial score (nSPS) is 28.0. The Balaban J connectivity index is 1.65. The van der Waals surface area contributed by atoms with Crippen molar-refractivity contribution >= 4 is 0 Å². The molecular weight excluding hydrogens is 236 g/mol. The number of rotatable bonds is 3. The molecule has 3 heterocycles. The molecule has 4 heteroatoms. The van der Waals surface area contributed by atoms with Gasteiger partial charge in [0.1, 0.15) is 5.82 Å². The van der Waals surface area contributed by atoms with E-state index in [9.17, 15) is 0 Å². The van der Waals surface area contributed by atoms with Gasteiger partial charge in [0.25, 0.3) is 0 Å². The SMILES string of the molecule is CC(C)N1CCC(Cc2cn3c(n2)CCCC3N)C1. The highest BCUT2D eigenvalue weighted by atomic mass is 15.2. The van der Waals surface area contributed by atoms with Gasteiger partial charge in [0.2, 0.25) is 0 Å². The van der Waals surface area contributed by atoms with Crippen molar-refractivity contribution < 1.29 is 0 Å². The summed E-state index contributed by atoms with van der Waals surface area (Å²) in [6.07, 6.45) is 8.16. The lowest BCUT2D eigenvalue weighted by Crippen LogP contribution is -2.28. The number of nitrogens with zero attached hydrogens (tertiary/aromatic N) is 3. The van der Waals surface area contributed by atoms with E-state index in [1.165, 1.54) is 37.4 Å². The highest BCUT2D eigenvalue weighted by Gasteiger charge is 2.26. The Labute approximate surface area is 116 Å². The maximum absolute atomic E-state index is 6.14. The van der Waals surface area contributed by atoms with Crippen molar-refractivity contribution in [3.63, 3.8) is 0 Å². The van der Waals surface area contributed by atoms with E-state index in [-0.39, 0.29) is 6.17 Å². The van der Waals surface area contributed by atoms with Gasteiger partial charge in [0.05, 0.1) is 11.9 Å². The summed E-state index contributed by atoms with van der Waals surface area (Å²) in [7, 11) is 0. The maximum Gasteiger partial charge on any atom is 0.110 e. The maximum atomic E-state index is 6.14. The molecule has 2 unspecified atom stereocenters. The molecule has 4 nitrogen and oxygen atoms in total. The van der Waals surface area contributed by atoms with Crippen LogP contribution in [0.25, 0.3) is 0 Å². The summed E-state index contributed by atoms with van der Waals surface area (Å²) in [5.74, 6) is 1.98. The van der Waals surface area contributed by atoms with Gasteiger partial charge in [-0.05, 0) is 52.0 Å². The average Bonchev–Trinajstić information content (AvgIpc) is 2.96. The molecule has 0 saturated carbocycles. The van der Waals surface area contributed by atoms with Crippen molar-refractivity contribution in [1.29, 1.82) is 0 Å². The number of aryl methyl sites for hydroxylation is 1. The Bertz CT molecular complexity index is 437. The van der Waals surface area contributed by atoms with E-state index >= 15 is 0 Å². The Morgan fingerprint density at radius 2 is 2.26 bits per heavy atom. The lowest BCUT2D eigenvalue weighted by Gasteiger charge is -2.20. The molecule has 0 aliphatic carbocycles. The van der Waals surface area contributed by atoms with Crippen LogP contribution in [0.3, 0.4) is 0 Å². The van der Waals surface area contributed by atoms with Gasteiger partial charge < -0.3 is 15.2 Å². The predicted molar refractivity (Wildman–Crippen MR) is 76.9 cm³/mol. The summed E-state index contributed by atoms with van der Waals surface area (Å²) in [4.78, 5) is 7.37. The van der Waals surface area contributed by atoms with Crippen molar-refractivity contribution in [3.05, 3.63) is 17.7 Å². The minimum atomic E-state index is 0.153. The smallest absolute Gasteiger partial charge is 0.110 e. The lowest BCUT2D eigenvalue weighted by molar-refractivity contribution is 0.265. The highest BCUT2D eigenvalue weighted by molar-refractivity contribution is 5.09. The molecule has 1 aromatic heterocycles. The number of hydrogen-bond acceptors (Lipinski definition) is 3. The van der Waals surface area contributed by atoms with Crippen LogP contribution in [0.5, 0.6) is 0 Å². The molecule has 0 radical (unpaired) electrons. The molecule has 0 amide bonds. The summed E-state index contributed by atoms with van der Waals surface area (Å²) in [6, 6.07) is 0.675. The standard InChI is InChI=1S/C15H26N4/c1-11(2)18-7-6-12(9-18)8-13-10-19-14(16)4-3-5-15(19)17-13/h10-12,14H,3-9,16H2,1-2H3. The zero-order chi connectivity index (χ0) is 13.4. The van der Waals surface area contributed by atoms with Gasteiger partial charge in [0.15, 0.2) is 0 Å². The molecule has 19 heavy (non-hydrogen) atoms. The molecular formula is C15H26N4. The van der Waals surface area contributed by atoms with Gasteiger partial charge in [-0.15, -0.1) is 0 Å². The van der Waals surface area contributed by atoms with Gasteiger partial charge >= 0.3 is 0 Å². The highest BCUT2D eigenvalue weighted by Crippen LogP contribution is 2.25. The second-order valence-corrected chi connectivity index (χ2v) is 6.46. The number of aromatic nitrogens is 2. The largest absolute Gasteiger partial charge is 0.319 e. The van der Waals surface area contributed by atoms with Crippen LogP contribution in [-0.2, 0) is 12.8 Å². The van der Waals surface area contributed by atoms with E-state index in [0.29, 0.717) is 6.04 Å². The van der Waals surface area contributed by atoms with E-state index < -0.39 is 0 Å². The van der Waals surface area contributed by atoms with E-state index in [0.717, 1.165) is 25.2 Å². The van der Waals surface area contributed by atoms with Crippen LogP contribution in [0.2, 0.25) is 0 Å². The molecule has 2 atom stereocenters. The van der Waals surface area contributed by atoms with Crippen molar-refractivity contribution in [2.24, 2.45) is 11.7 Å². The molecule has 1 saturated heterocycles. The third-order valence-electron chi connectivity index (χ3n) is 4.66. The molecule has 2 aliphatic heterocycles. The zero-order valence-electron chi connectivity index (χ0n) is 12.2. The minimum absolute atomic E-state index is 0.153. The Hall–Kier alpha value is -0.870. The lowest BCUT2D eigenvalue weighted by atomic mass is 10.0. The van der Waals surface area contributed by atoms with Crippen molar-refractivity contribution in [3.8, 4) is 0 Å². The first-order valence-electron chi connectivity index (χ1n) is 7.69. The van der Waals surface area contributed by atoms with Crippen molar-refractivity contribution in [1.82, 2.24) is 14.5 Å². The monoisotopic (exact) mass is 262 g/mol. The molecule has 106 valence electrons. The third kappa shape index (κ3) is 2.70. The number of imidazole rings is 1. The fraction of sp³-hybridized carbons (Fsp3) is 0.800. The van der Waals surface area contributed by atoms with Crippen LogP contribution in [0.15, 0.2) is 6.20 Å². The van der Waals surface area contributed by atoms with Gasteiger partial charge in [-0.2, -0.15) is 0 Å². The molecule has 0 aromatic carbocycles. The molecule has 1 fully saturated rings. The molecule has 0 bridgehead atoms. The van der Waals surface area contributed by atoms with Crippen LogP contribution < -0.4 is 5.73 Å². The van der Waals surface area contributed by atoms with E-state index in [1.54, 1.807) is 0 Å². The van der Waals surface area contributed by atoms with E-state index in [2.05, 4.69) is 29.5 Å². The van der Waals surface area contributed by atoms with Crippen LogP contribution >= 0.6 is 0 Å². The van der Waals surface area contributed by atoms with Gasteiger partial charge in [0, 0.05) is 25.2 Å². The van der Waals surface area contributed by atoms with Gasteiger partial charge in [-0.25, -0.2) is 4.98 Å². The first kappa shape index (κ1) is 13.1. The molecule has 1 aromatic rings. The van der Waals surface area contributed by atoms with Gasteiger partial charge in [-0.1, -0.05) is 0 Å². The first-order valence-corrected chi connectivity index (χ1v) is 7.69. The van der Waals surface area contributed by atoms with Crippen LogP contribution in [-0.4, -0.2) is 33.6 Å². The summed E-state index contributed by atoms with van der Waals surface area (Å²) < 4.78 is 2.20. The first-order chi connectivity index (χ1) is 9.13. The number of fused-ring (bicyclic) bond motifs is 1. The quantitative estimate of drug-likeness (QED) is 0.905. The average molecular weight is 262 g/mol. The predicted octanol–water partition coefficient (Wildman–Crippen LogP) is 1.95. The number of hydrogen-bond donors (Lipinski definition) is 1. The summed E-state index contributed by atoms with van der Waals surface area (Å²) in [6.45, 7) is 7.05. The van der Waals surface area contributed by atoms with Crippen molar-refractivity contribution in [2.75, 3.05) is 13.1 Å². The molecule has 3 rings (SSSR count). The molecule has 2 aliphatic rings. The Kier molecular flexibility index (Phi) is 3.63. The number of likely N-dealkylation sites (tertiary alicyclic amines) is 1. The molecule has 0 spiro atoms. The van der Waals surface area contributed by atoms with Gasteiger partial charge in [-0.3, -0.25) is 0 Å². The second-order valence-electron chi connectivity index (χ2n) is 6.46. The van der Waals surface area contributed by atoms with Crippen molar-refractivity contribution in [2.45, 2.75) is 58.2 Å². The summed E-state index contributed by atoms with van der Waals surface area (Å²) >= 11 is 0. The van der Waals surface area contributed by atoms with Crippen LogP contribution in [0.1, 0.15) is 50.8 Å². The van der Waals surface area contributed by atoms with Crippen LogP contribution in [0, 0.1) is 5.92 Å². The fourth-order valence-electron chi connectivity index (χ4n) is 3.46. The van der Waals surface area contributed by atoms with E-state index in [1.807, 2.05) is 0 Å². The summed E-state index contributed by atoms with van der Waals surface area (Å²) in [5, 5.41) is 0. The summed E-state index contributed by atoms with van der Waals surface area (Å²) in [5.41, 5.74) is 7.40. The van der Waals surface area contributed by atoms with E-state index in [4.69, 9.17) is 10.7 Å². The minimum Gasteiger partial charge on any atom is -0.319 e. The second kappa shape index (κ2) is 5.25. The van der Waals surface area contributed by atoms with Crippen LogP contribution in [0.4, 0.5) is 0 Å². The Morgan fingerprint density at radius 1 is 1.42 bits per heavy atom.